The Bertz CT molecular complexity index is 418. The van der Waals surface area contributed by atoms with Gasteiger partial charge in [-0.1, -0.05) is 13.8 Å². The van der Waals surface area contributed by atoms with Crippen LogP contribution in [0.3, 0.4) is 0 Å². The summed E-state index contributed by atoms with van der Waals surface area (Å²) in [6, 6.07) is 0. The van der Waals surface area contributed by atoms with E-state index in [2.05, 4.69) is 9.97 Å². The summed E-state index contributed by atoms with van der Waals surface area (Å²) < 4.78 is 36.6. The summed E-state index contributed by atoms with van der Waals surface area (Å²) in [5.74, 6) is 0.799. The van der Waals surface area contributed by atoms with Crippen LogP contribution in [-0.4, -0.2) is 29.7 Å². The van der Waals surface area contributed by atoms with E-state index in [0.717, 1.165) is 0 Å². The Labute approximate surface area is 110 Å². The number of halogens is 3. The maximum atomic E-state index is 12.2. The highest BCUT2D eigenvalue weighted by molar-refractivity contribution is 5.48. The second-order valence-electron chi connectivity index (χ2n) is 4.71. The lowest BCUT2D eigenvalue weighted by Gasteiger charge is -2.22. The quantitative estimate of drug-likeness (QED) is 0.897. The summed E-state index contributed by atoms with van der Waals surface area (Å²) in [4.78, 5) is 9.95. The molecule has 2 N–H and O–H groups in total. The molecule has 0 amide bonds. The van der Waals surface area contributed by atoms with Crippen LogP contribution in [0.4, 0.5) is 18.9 Å². The molecule has 0 unspecified atom stereocenters. The van der Waals surface area contributed by atoms with Gasteiger partial charge in [0.1, 0.15) is 5.82 Å². The van der Waals surface area contributed by atoms with Crippen molar-refractivity contribution >= 4 is 5.69 Å². The van der Waals surface area contributed by atoms with Gasteiger partial charge in [0, 0.05) is 26.1 Å². The topological polar surface area (TPSA) is 55.0 Å². The van der Waals surface area contributed by atoms with Gasteiger partial charge < -0.3 is 10.6 Å². The summed E-state index contributed by atoms with van der Waals surface area (Å²) in [7, 11) is 1.58. The van der Waals surface area contributed by atoms with Crippen LogP contribution in [0.2, 0.25) is 0 Å². The van der Waals surface area contributed by atoms with Crippen LogP contribution in [0.5, 0.6) is 0 Å². The second kappa shape index (κ2) is 6.18. The van der Waals surface area contributed by atoms with E-state index in [0.29, 0.717) is 17.2 Å². The fourth-order valence-corrected chi connectivity index (χ4v) is 1.59. The van der Waals surface area contributed by atoms with Crippen molar-refractivity contribution in [1.29, 1.82) is 0 Å². The Morgan fingerprint density at radius 3 is 2.47 bits per heavy atom. The van der Waals surface area contributed by atoms with E-state index in [-0.39, 0.29) is 19.0 Å². The molecule has 0 spiro atoms. The van der Waals surface area contributed by atoms with Gasteiger partial charge in [-0.05, 0) is 0 Å². The van der Waals surface area contributed by atoms with Crippen molar-refractivity contribution in [2.24, 2.45) is 5.73 Å². The van der Waals surface area contributed by atoms with Crippen molar-refractivity contribution in [1.82, 2.24) is 9.97 Å². The average Bonchev–Trinajstić information content (AvgIpc) is 2.34. The fourth-order valence-electron chi connectivity index (χ4n) is 1.59. The predicted octanol–water partition coefficient (Wildman–Crippen LogP) is 2.45. The van der Waals surface area contributed by atoms with Gasteiger partial charge in [0.25, 0.3) is 0 Å². The molecule has 7 heteroatoms. The number of nitrogens with zero attached hydrogens (tertiary/aromatic N) is 3. The summed E-state index contributed by atoms with van der Waals surface area (Å²) in [5.41, 5.74) is 6.72. The lowest BCUT2D eigenvalue weighted by atomic mass is 10.2. The smallest absolute Gasteiger partial charge is 0.371 e. The van der Waals surface area contributed by atoms with Crippen LogP contribution in [-0.2, 0) is 6.54 Å². The molecule has 1 aromatic rings. The summed E-state index contributed by atoms with van der Waals surface area (Å²) in [5, 5.41) is 0. The molecule has 0 aliphatic heterocycles. The number of nitrogens with two attached hydrogens (primary N) is 1. The molecule has 1 heterocycles. The Kier molecular flexibility index (Phi) is 5.11. The second-order valence-corrected chi connectivity index (χ2v) is 4.71. The van der Waals surface area contributed by atoms with Gasteiger partial charge in [0.15, 0.2) is 0 Å². The molecule has 1 aromatic heterocycles. The zero-order valence-electron chi connectivity index (χ0n) is 11.3. The van der Waals surface area contributed by atoms with Gasteiger partial charge in [-0.15, -0.1) is 0 Å². The molecular formula is C12H19F3N4. The molecule has 0 saturated carbocycles. The van der Waals surface area contributed by atoms with Crippen LogP contribution in [0.25, 0.3) is 0 Å². The Morgan fingerprint density at radius 1 is 1.37 bits per heavy atom. The van der Waals surface area contributed by atoms with Crippen molar-refractivity contribution in [3.05, 3.63) is 17.7 Å². The van der Waals surface area contributed by atoms with E-state index < -0.39 is 12.6 Å². The number of aromatic nitrogens is 2. The first-order valence-corrected chi connectivity index (χ1v) is 6.08. The van der Waals surface area contributed by atoms with Gasteiger partial charge >= 0.3 is 6.18 Å². The molecule has 0 aliphatic carbocycles. The molecule has 19 heavy (non-hydrogen) atoms. The van der Waals surface area contributed by atoms with E-state index in [9.17, 15) is 13.2 Å². The monoisotopic (exact) mass is 276 g/mol. The Balaban J connectivity index is 2.87. The van der Waals surface area contributed by atoms with Crippen LogP contribution in [0, 0.1) is 0 Å². The zero-order valence-corrected chi connectivity index (χ0v) is 11.3. The molecule has 0 aliphatic rings. The maximum absolute atomic E-state index is 12.2. The minimum atomic E-state index is -4.17. The molecule has 0 radical (unpaired) electrons. The number of alkyl halides is 3. The van der Waals surface area contributed by atoms with E-state index in [1.807, 2.05) is 13.8 Å². The summed E-state index contributed by atoms with van der Waals surface area (Å²) in [6.45, 7) is 3.93. The lowest BCUT2D eigenvalue weighted by Crippen LogP contribution is -2.26. The molecule has 108 valence electrons. The molecule has 1 rings (SSSR count). The van der Waals surface area contributed by atoms with Crippen molar-refractivity contribution in [3.63, 3.8) is 0 Å². The SMILES string of the molecule is CC(C)c1ncc(N(C)CCC(F)(F)F)c(CN)n1. The fraction of sp³-hybridized carbons (Fsp3) is 0.667. The minimum absolute atomic E-state index is 0.138. The van der Waals surface area contributed by atoms with Gasteiger partial charge in [-0.25, -0.2) is 9.97 Å². The maximum Gasteiger partial charge on any atom is 0.390 e. The highest BCUT2D eigenvalue weighted by Crippen LogP contribution is 2.23. The third kappa shape index (κ3) is 4.66. The van der Waals surface area contributed by atoms with Gasteiger partial charge in [-0.3, -0.25) is 0 Å². The first-order chi connectivity index (χ1) is 8.74. The summed E-state index contributed by atoms with van der Waals surface area (Å²) >= 11 is 0. The zero-order chi connectivity index (χ0) is 14.6. The Morgan fingerprint density at radius 2 is 2.00 bits per heavy atom. The highest BCUT2D eigenvalue weighted by atomic mass is 19.4. The summed E-state index contributed by atoms with van der Waals surface area (Å²) in [6.07, 6.45) is -3.50. The third-order valence-corrected chi connectivity index (χ3v) is 2.72. The van der Waals surface area contributed by atoms with Crippen LogP contribution >= 0.6 is 0 Å². The number of anilines is 1. The van der Waals surface area contributed by atoms with Crippen molar-refractivity contribution in [3.8, 4) is 0 Å². The molecule has 0 atom stereocenters. The van der Waals surface area contributed by atoms with Crippen LogP contribution in [0.15, 0.2) is 6.20 Å². The Hall–Kier alpha value is -1.37. The molecule has 4 nitrogen and oxygen atoms in total. The van der Waals surface area contributed by atoms with Crippen molar-refractivity contribution < 1.29 is 13.2 Å². The highest BCUT2D eigenvalue weighted by Gasteiger charge is 2.27. The third-order valence-electron chi connectivity index (χ3n) is 2.72. The number of hydrogen-bond acceptors (Lipinski definition) is 4. The predicted molar refractivity (Wildman–Crippen MR) is 68.0 cm³/mol. The van der Waals surface area contributed by atoms with E-state index in [4.69, 9.17) is 5.73 Å². The number of hydrogen-bond donors (Lipinski definition) is 1. The van der Waals surface area contributed by atoms with Crippen LogP contribution in [0.1, 0.15) is 37.7 Å². The molecule has 0 aromatic carbocycles. The first kappa shape index (κ1) is 15.7. The van der Waals surface area contributed by atoms with Crippen molar-refractivity contribution in [2.75, 3.05) is 18.5 Å². The minimum Gasteiger partial charge on any atom is -0.371 e. The molecule has 0 fully saturated rings. The van der Waals surface area contributed by atoms with Crippen molar-refractivity contribution in [2.45, 2.75) is 38.9 Å². The van der Waals surface area contributed by atoms with Crippen LogP contribution < -0.4 is 10.6 Å². The molecule has 0 bridgehead atoms. The standard InChI is InChI=1S/C12H19F3N4/c1-8(2)11-17-7-10(9(6-16)18-11)19(3)5-4-12(13,14)15/h7-8H,4-6,16H2,1-3H3. The van der Waals surface area contributed by atoms with Gasteiger partial charge in [-0.2, -0.15) is 13.2 Å². The lowest BCUT2D eigenvalue weighted by molar-refractivity contribution is -0.132. The first-order valence-electron chi connectivity index (χ1n) is 6.08. The molecular weight excluding hydrogens is 257 g/mol. The average molecular weight is 276 g/mol. The van der Waals surface area contributed by atoms with E-state index in [1.54, 1.807) is 13.2 Å². The van der Waals surface area contributed by atoms with E-state index >= 15 is 0 Å². The normalized spacial score (nSPS) is 12.0. The van der Waals surface area contributed by atoms with E-state index in [1.165, 1.54) is 4.90 Å². The van der Waals surface area contributed by atoms with Gasteiger partial charge in [0.05, 0.1) is 24.0 Å². The number of rotatable bonds is 5. The largest absolute Gasteiger partial charge is 0.390 e. The van der Waals surface area contributed by atoms with Gasteiger partial charge in [0.2, 0.25) is 0 Å². The molecule has 0 saturated heterocycles.